The molecular weight excluding hydrogens is 382 g/mol. The molecule has 3 aromatic rings. The summed E-state index contributed by atoms with van der Waals surface area (Å²) in [6.07, 6.45) is 1.79. The fourth-order valence-electron chi connectivity index (χ4n) is 3.03. The normalized spacial score (nSPS) is 13.4. The van der Waals surface area contributed by atoms with Crippen LogP contribution in [-0.2, 0) is 6.54 Å². The smallest absolute Gasteiger partial charge is 0.259 e. The van der Waals surface area contributed by atoms with Gasteiger partial charge in [-0.05, 0) is 47.9 Å². The van der Waals surface area contributed by atoms with Crippen LogP contribution in [0.5, 0.6) is 11.7 Å². The molecule has 0 saturated heterocycles. The number of nitrogens with zero attached hydrogens (tertiary/aromatic N) is 3. The summed E-state index contributed by atoms with van der Waals surface area (Å²) in [4.78, 5) is 14.7. The molecule has 1 aliphatic rings. The first kappa shape index (κ1) is 18.3. The third kappa shape index (κ3) is 3.66. The van der Waals surface area contributed by atoms with E-state index in [2.05, 4.69) is 5.27 Å². The van der Waals surface area contributed by atoms with Crippen LogP contribution >= 0.6 is 11.6 Å². The lowest BCUT2D eigenvalue weighted by atomic mass is 10.2. The summed E-state index contributed by atoms with van der Waals surface area (Å²) in [6, 6.07) is 13.9. The van der Waals surface area contributed by atoms with Gasteiger partial charge in [0.25, 0.3) is 11.6 Å². The van der Waals surface area contributed by atoms with Gasteiger partial charge in [0.2, 0.25) is 5.69 Å². The quantitative estimate of drug-likeness (QED) is 0.595. The number of methoxy groups -OCH3 is 1. The Balaban J connectivity index is 1.65. The molecule has 0 unspecified atom stereocenters. The zero-order valence-corrected chi connectivity index (χ0v) is 15.9. The highest BCUT2D eigenvalue weighted by atomic mass is 35.5. The van der Waals surface area contributed by atoms with E-state index in [0.29, 0.717) is 22.0 Å². The lowest BCUT2D eigenvalue weighted by molar-refractivity contribution is -0.678. The second kappa shape index (κ2) is 7.52. The van der Waals surface area contributed by atoms with Crippen molar-refractivity contribution in [2.45, 2.75) is 25.4 Å². The van der Waals surface area contributed by atoms with E-state index in [1.54, 1.807) is 60.5 Å². The summed E-state index contributed by atoms with van der Waals surface area (Å²) in [6.45, 7) is 0.102. The summed E-state index contributed by atoms with van der Waals surface area (Å²) in [5.74, 6) is -0.0558. The van der Waals surface area contributed by atoms with Gasteiger partial charge in [0.05, 0.1) is 12.4 Å². The summed E-state index contributed by atoms with van der Waals surface area (Å²) in [5, 5.41) is 16.6. The van der Waals surface area contributed by atoms with Crippen LogP contribution in [0.3, 0.4) is 0 Å². The third-order valence-corrected chi connectivity index (χ3v) is 4.89. The van der Waals surface area contributed by atoms with Gasteiger partial charge in [0.15, 0.2) is 5.95 Å². The molecule has 0 N–H and O–H groups in total. The van der Waals surface area contributed by atoms with Crippen molar-refractivity contribution >= 4 is 17.5 Å². The van der Waals surface area contributed by atoms with E-state index >= 15 is 0 Å². The van der Waals surface area contributed by atoms with Crippen LogP contribution in [0.25, 0.3) is 5.69 Å². The van der Waals surface area contributed by atoms with Crippen LogP contribution in [0.4, 0.5) is 0 Å². The molecular formula is C20H18ClN3O4. The van der Waals surface area contributed by atoms with Crippen molar-refractivity contribution in [2.24, 2.45) is 0 Å². The molecule has 1 aliphatic carbocycles. The number of carbonyl (C=O) groups excluding carboxylic acids is 1. The maximum absolute atomic E-state index is 13.0. The highest BCUT2D eigenvalue weighted by Crippen LogP contribution is 2.31. The Morgan fingerprint density at radius 1 is 1.32 bits per heavy atom. The molecule has 1 saturated carbocycles. The van der Waals surface area contributed by atoms with E-state index < -0.39 is 5.95 Å². The van der Waals surface area contributed by atoms with Gasteiger partial charge >= 0.3 is 0 Å². The van der Waals surface area contributed by atoms with Crippen LogP contribution < -0.4 is 14.5 Å². The summed E-state index contributed by atoms with van der Waals surface area (Å²) >= 11 is 6.03. The molecule has 144 valence electrons. The highest BCUT2D eigenvalue weighted by Gasteiger charge is 2.36. The van der Waals surface area contributed by atoms with Crippen molar-refractivity contribution in [2.75, 3.05) is 7.11 Å². The second-order valence-corrected chi connectivity index (χ2v) is 7.03. The average molecular weight is 400 g/mol. The van der Waals surface area contributed by atoms with Gasteiger partial charge in [-0.15, -0.1) is 0 Å². The zero-order valence-electron chi connectivity index (χ0n) is 15.2. The Morgan fingerprint density at radius 3 is 2.71 bits per heavy atom. The molecule has 0 radical (unpaired) electrons. The second-order valence-electron chi connectivity index (χ2n) is 6.59. The number of benzene rings is 2. The minimum atomic E-state index is -0.569. The molecule has 1 heterocycles. The number of amides is 1. The number of ether oxygens (including phenoxy) is 1. The number of carbonyl (C=O) groups is 1. The number of aromatic nitrogens is 2. The molecule has 1 aromatic heterocycles. The van der Waals surface area contributed by atoms with E-state index in [-0.39, 0.29) is 24.2 Å². The molecule has 0 aliphatic heterocycles. The van der Waals surface area contributed by atoms with Crippen LogP contribution in [0.15, 0.2) is 53.1 Å². The van der Waals surface area contributed by atoms with Gasteiger partial charge in [0, 0.05) is 28.8 Å². The summed E-state index contributed by atoms with van der Waals surface area (Å²) in [5.41, 5.74) is 1.42. The van der Waals surface area contributed by atoms with E-state index in [9.17, 15) is 9.90 Å². The summed E-state index contributed by atoms with van der Waals surface area (Å²) < 4.78 is 11.5. The van der Waals surface area contributed by atoms with Crippen molar-refractivity contribution in [3.63, 3.8) is 0 Å². The average Bonchev–Trinajstić information content (AvgIpc) is 3.49. The lowest BCUT2D eigenvalue weighted by Crippen LogP contribution is -2.42. The number of halogens is 1. The zero-order chi connectivity index (χ0) is 19.7. The first-order chi connectivity index (χ1) is 13.6. The molecule has 0 bridgehead atoms. The molecule has 2 aromatic carbocycles. The molecule has 8 heteroatoms. The Hall–Kier alpha value is -3.06. The van der Waals surface area contributed by atoms with Crippen LogP contribution in [-0.4, -0.2) is 29.2 Å². The number of hydrogen-bond acceptors (Lipinski definition) is 5. The minimum absolute atomic E-state index is 0.0881. The largest absolute Gasteiger partial charge is 0.539 e. The first-order valence-electron chi connectivity index (χ1n) is 8.85. The van der Waals surface area contributed by atoms with E-state index in [1.807, 2.05) is 0 Å². The monoisotopic (exact) mass is 399 g/mol. The standard InChI is InChI=1S/C20H18ClN3O4/c1-27-17-9-7-16(8-10-17)24-18(20(26)28-22-24)12-23(15-5-6-15)19(25)13-3-2-4-14(21)11-13/h2-4,7-11,15H,5-6,12H2,1H3. The Kier molecular flexibility index (Phi) is 4.92. The summed E-state index contributed by atoms with van der Waals surface area (Å²) in [7, 11) is 1.58. The van der Waals surface area contributed by atoms with Crippen molar-refractivity contribution in [1.82, 2.24) is 10.2 Å². The van der Waals surface area contributed by atoms with Gasteiger partial charge in [-0.2, -0.15) is 0 Å². The molecule has 0 atom stereocenters. The molecule has 0 spiro atoms. The van der Waals surface area contributed by atoms with Crippen molar-refractivity contribution in [3.8, 4) is 17.4 Å². The van der Waals surface area contributed by atoms with Crippen molar-refractivity contribution < 1.29 is 23.8 Å². The Morgan fingerprint density at radius 2 is 2.07 bits per heavy atom. The van der Waals surface area contributed by atoms with Gasteiger partial charge in [-0.25, -0.2) is 0 Å². The minimum Gasteiger partial charge on any atom is -0.539 e. The van der Waals surface area contributed by atoms with E-state index in [4.69, 9.17) is 20.9 Å². The molecule has 28 heavy (non-hydrogen) atoms. The fraction of sp³-hybridized carbons (Fsp3) is 0.250. The van der Waals surface area contributed by atoms with E-state index in [0.717, 1.165) is 12.8 Å². The van der Waals surface area contributed by atoms with Crippen molar-refractivity contribution in [3.05, 3.63) is 64.8 Å². The number of rotatable bonds is 6. The van der Waals surface area contributed by atoms with Crippen LogP contribution in [0.1, 0.15) is 28.9 Å². The molecule has 1 amide bonds. The third-order valence-electron chi connectivity index (χ3n) is 4.65. The Labute approximate surface area is 166 Å². The SMILES string of the molecule is COc1ccc(-[n+]2noc([O-])c2CN(C(=O)c2cccc(Cl)c2)C2CC2)cc1. The Bertz CT molecular complexity index is 999. The molecule has 7 nitrogen and oxygen atoms in total. The fourth-order valence-corrected chi connectivity index (χ4v) is 3.22. The van der Waals surface area contributed by atoms with E-state index in [1.165, 1.54) is 4.68 Å². The van der Waals surface area contributed by atoms with Crippen LogP contribution in [0, 0.1) is 0 Å². The molecule has 4 rings (SSSR count). The number of hydrogen-bond donors (Lipinski definition) is 0. The van der Waals surface area contributed by atoms with Gasteiger partial charge in [-0.3, -0.25) is 4.79 Å². The van der Waals surface area contributed by atoms with Gasteiger partial charge < -0.3 is 19.3 Å². The first-order valence-corrected chi connectivity index (χ1v) is 9.23. The maximum Gasteiger partial charge on any atom is 0.259 e. The molecule has 1 fully saturated rings. The van der Waals surface area contributed by atoms with Gasteiger partial charge in [0.1, 0.15) is 12.3 Å². The predicted octanol–water partition coefficient (Wildman–Crippen LogP) is 2.49. The maximum atomic E-state index is 13.0. The van der Waals surface area contributed by atoms with Gasteiger partial charge in [-0.1, -0.05) is 17.7 Å². The topological polar surface area (TPSA) is 82.5 Å². The predicted molar refractivity (Wildman–Crippen MR) is 98.4 cm³/mol. The lowest BCUT2D eigenvalue weighted by Gasteiger charge is -2.21. The highest BCUT2D eigenvalue weighted by molar-refractivity contribution is 6.30. The van der Waals surface area contributed by atoms with Crippen LogP contribution in [0.2, 0.25) is 5.02 Å². The van der Waals surface area contributed by atoms with Crippen molar-refractivity contribution in [1.29, 1.82) is 0 Å².